The zero-order valence-corrected chi connectivity index (χ0v) is 11.3. The summed E-state index contributed by atoms with van der Waals surface area (Å²) < 4.78 is 0. The number of rotatable bonds is 5. The van der Waals surface area contributed by atoms with Gasteiger partial charge in [-0.15, -0.1) is 0 Å². The molecule has 18 heavy (non-hydrogen) atoms. The Labute approximate surface area is 108 Å². The minimum absolute atomic E-state index is 0.167. The van der Waals surface area contributed by atoms with Crippen LogP contribution in [0.25, 0.3) is 0 Å². The van der Waals surface area contributed by atoms with Crippen LogP contribution in [-0.2, 0) is 4.79 Å². The quantitative estimate of drug-likeness (QED) is 0.705. The maximum Gasteiger partial charge on any atom is 0.326 e. The molecule has 1 aliphatic carbocycles. The summed E-state index contributed by atoms with van der Waals surface area (Å²) in [6.45, 7) is 4.54. The monoisotopic (exact) mass is 256 g/mol. The van der Waals surface area contributed by atoms with Gasteiger partial charge >= 0.3 is 12.0 Å². The average Bonchev–Trinajstić information content (AvgIpc) is 2.34. The lowest BCUT2D eigenvalue weighted by Gasteiger charge is -2.33. The van der Waals surface area contributed by atoms with E-state index in [4.69, 9.17) is 5.11 Å². The lowest BCUT2D eigenvalue weighted by atomic mass is 9.76. The van der Waals surface area contributed by atoms with Gasteiger partial charge < -0.3 is 15.7 Å². The number of aliphatic carboxylic acids is 1. The smallest absolute Gasteiger partial charge is 0.326 e. The molecule has 1 rings (SSSR count). The van der Waals surface area contributed by atoms with E-state index < -0.39 is 12.0 Å². The fraction of sp³-hybridized carbons (Fsp3) is 0.846. The van der Waals surface area contributed by atoms with E-state index in [1.54, 1.807) is 6.92 Å². The van der Waals surface area contributed by atoms with Crippen LogP contribution in [0.1, 0.15) is 52.4 Å². The largest absolute Gasteiger partial charge is 0.480 e. The Morgan fingerprint density at radius 3 is 2.39 bits per heavy atom. The molecule has 0 spiro atoms. The maximum absolute atomic E-state index is 11.6. The van der Waals surface area contributed by atoms with Gasteiger partial charge in [0.15, 0.2) is 0 Å². The Kier molecular flexibility index (Phi) is 5.44. The van der Waals surface area contributed by atoms with Crippen molar-refractivity contribution in [1.82, 2.24) is 10.6 Å². The third-order valence-corrected chi connectivity index (χ3v) is 3.75. The van der Waals surface area contributed by atoms with E-state index in [9.17, 15) is 9.59 Å². The molecule has 1 atom stereocenters. The molecule has 2 amide bonds. The van der Waals surface area contributed by atoms with Gasteiger partial charge in [0.2, 0.25) is 0 Å². The Balaban J connectivity index is 2.34. The van der Waals surface area contributed by atoms with Crippen molar-refractivity contribution in [2.24, 2.45) is 5.41 Å². The summed E-state index contributed by atoms with van der Waals surface area (Å²) in [5, 5.41) is 14.1. The van der Waals surface area contributed by atoms with Crippen molar-refractivity contribution in [2.45, 2.75) is 58.4 Å². The van der Waals surface area contributed by atoms with Gasteiger partial charge in [-0.3, -0.25) is 0 Å². The molecule has 1 aliphatic rings. The van der Waals surface area contributed by atoms with Crippen LogP contribution >= 0.6 is 0 Å². The number of carbonyl (C=O) groups excluding carboxylic acids is 1. The van der Waals surface area contributed by atoms with Gasteiger partial charge in [0.25, 0.3) is 0 Å². The van der Waals surface area contributed by atoms with Crippen LogP contribution in [-0.4, -0.2) is 29.7 Å². The highest BCUT2D eigenvalue weighted by Gasteiger charge is 2.27. The Morgan fingerprint density at radius 2 is 1.89 bits per heavy atom. The summed E-state index contributed by atoms with van der Waals surface area (Å²) in [7, 11) is 0. The van der Waals surface area contributed by atoms with Crippen molar-refractivity contribution < 1.29 is 14.7 Å². The maximum atomic E-state index is 11.6. The number of carbonyl (C=O) groups is 2. The highest BCUT2D eigenvalue weighted by molar-refractivity contribution is 5.82. The number of urea groups is 1. The molecule has 1 fully saturated rings. The summed E-state index contributed by atoms with van der Waals surface area (Å²) in [4.78, 5) is 22.4. The van der Waals surface area contributed by atoms with Gasteiger partial charge in [-0.2, -0.15) is 0 Å². The zero-order chi connectivity index (χ0) is 13.6. The molecule has 0 aliphatic heterocycles. The van der Waals surface area contributed by atoms with Gasteiger partial charge in [0.1, 0.15) is 6.04 Å². The van der Waals surface area contributed by atoms with Crippen LogP contribution in [0.15, 0.2) is 0 Å². The van der Waals surface area contributed by atoms with Gasteiger partial charge in [-0.1, -0.05) is 33.1 Å². The highest BCUT2D eigenvalue weighted by Crippen LogP contribution is 2.34. The van der Waals surface area contributed by atoms with Gasteiger partial charge in [0, 0.05) is 6.54 Å². The van der Waals surface area contributed by atoms with Crippen LogP contribution in [0.2, 0.25) is 0 Å². The fourth-order valence-electron chi connectivity index (χ4n) is 2.42. The summed E-state index contributed by atoms with van der Waals surface area (Å²) in [5.41, 5.74) is 0.167. The van der Waals surface area contributed by atoms with Crippen LogP contribution in [0.3, 0.4) is 0 Å². The van der Waals surface area contributed by atoms with Crippen molar-refractivity contribution in [3.8, 4) is 0 Å². The number of nitrogens with one attached hydrogen (secondary N) is 2. The molecule has 0 bridgehead atoms. The van der Waals surface area contributed by atoms with Crippen molar-refractivity contribution >= 4 is 12.0 Å². The highest BCUT2D eigenvalue weighted by atomic mass is 16.4. The van der Waals surface area contributed by atoms with E-state index in [0.29, 0.717) is 13.0 Å². The molecule has 0 aromatic rings. The molecule has 1 unspecified atom stereocenters. The van der Waals surface area contributed by atoms with E-state index >= 15 is 0 Å². The Hall–Kier alpha value is -1.26. The lowest BCUT2D eigenvalue weighted by Crippen LogP contribution is -2.48. The topological polar surface area (TPSA) is 78.4 Å². The second kappa shape index (κ2) is 6.61. The van der Waals surface area contributed by atoms with Crippen LogP contribution in [0.5, 0.6) is 0 Å². The minimum Gasteiger partial charge on any atom is -0.480 e. The third kappa shape index (κ3) is 4.55. The molecule has 0 heterocycles. The zero-order valence-electron chi connectivity index (χ0n) is 11.3. The molecular formula is C13H24N2O3. The summed E-state index contributed by atoms with van der Waals surface area (Å²) in [6, 6.07) is -1.18. The summed E-state index contributed by atoms with van der Waals surface area (Å²) in [5.74, 6) is -0.989. The third-order valence-electron chi connectivity index (χ3n) is 3.75. The molecule has 5 heteroatoms. The molecule has 0 radical (unpaired) electrons. The Morgan fingerprint density at radius 1 is 1.28 bits per heavy atom. The first-order valence-corrected chi connectivity index (χ1v) is 6.74. The van der Waals surface area contributed by atoms with Crippen LogP contribution in [0, 0.1) is 5.41 Å². The first-order valence-electron chi connectivity index (χ1n) is 6.74. The first-order chi connectivity index (χ1) is 8.47. The minimum atomic E-state index is -0.989. The van der Waals surface area contributed by atoms with Crippen molar-refractivity contribution in [2.75, 3.05) is 6.54 Å². The van der Waals surface area contributed by atoms with E-state index in [2.05, 4.69) is 17.6 Å². The molecule has 1 saturated carbocycles. The number of hydrogen-bond donors (Lipinski definition) is 3. The fourth-order valence-corrected chi connectivity index (χ4v) is 2.42. The number of amides is 2. The second-order valence-electron chi connectivity index (χ2n) is 5.50. The standard InChI is InChI=1S/C13H24N2O3/c1-3-10(11(16)17)15-12(18)14-9-13(2)7-5-4-6-8-13/h10H,3-9H2,1-2H3,(H,16,17)(H2,14,15,18). The summed E-state index contributed by atoms with van der Waals surface area (Å²) in [6.07, 6.45) is 6.35. The molecular weight excluding hydrogens is 232 g/mol. The predicted molar refractivity (Wildman–Crippen MR) is 69.4 cm³/mol. The molecule has 3 N–H and O–H groups in total. The molecule has 0 aromatic carbocycles. The average molecular weight is 256 g/mol. The molecule has 104 valence electrons. The normalized spacial score (nSPS) is 19.9. The molecule has 0 aromatic heterocycles. The van der Waals surface area contributed by atoms with Gasteiger partial charge in [-0.25, -0.2) is 9.59 Å². The van der Waals surface area contributed by atoms with E-state index in [1.807, 2.05) is 0 Å². The van der Waals surface area contributed by atoms with Crippen LogP contribution in [0.4, 0.5) is 4.79 Å². The molecule has 5 nitrogen and oxygen atoms in total. The Bertz CT molecular complexity index is 299. The first kappa shape index (κ1) is 14.8. The second-order valence-corrected chi connectivity index (χ2v) is 5.50. The number of hydrogen-bond acceptors (Lipinski definition) is 2. The predicted octanol–water partition coefficient (Wildman–Crippen LogP) is 2.12. The number of carboxylic acid groups (broad SMARTS) is 1. The SMILES string of the molecule is CCC(NC(=O)NCC1(C)CCCCC1)C(=O)O. The van der Waals surface area contributed by atoms with Gasteiger partial charge in [0.05, 0.1) is 0 Å². The van der Waals surface area contributed by atoms with Crippen molar-refractivity contribution in [1.29, 1.82) is 0 Å². The van der Waals surface area contributed by atoms with Gasteiger partial charge in [-0.05, 0) is 24.7 Å². The summed E-state index contributed by atoms with van der Waals surface area (Å²) >= 11 is 0. The van der Waals surface area contributed by atoms with E-state index in [1.165, 1.54) is 19.3 Å². The van der Waals surface area contributed by atoms with Crippen molar-refractivity contribution in [3.63, 3.8) is 0 Å². The van der Waals surface area contributed by atoms with E-state index in [0.717, 1.165) is 12.8 Å². The van der Waals surface area contributed by atoms with Crippen LogP contribution < -0.4 is 10.6 Å². The van der Waals surface area contributed by atoms with E-state index in [-0.39, 0.29) is 11.4 Å². The number of carboxylic acids is 1. The molecule has 0 saturated heterocycles. The van der Waals surface area contributed by atoms with Crippen molar-refractivity contribution in [3.05, 3.63) is 0 Å². The lowest BCUT2D eigenvalue weighted by molar-refractivity contribution is -0.139.